The van der Waals surface area contributed by atoms with E-state index in [2.05, 4.69) is 26.6 Å². The molecular formula is C25H19BrFN3O3. The van der Waals surface area contributed by atoms with Crippen LogP contribution in [0.1, 0.15) is 11.1 Å². The van der Waals surface area contributed by atoms with E-state index in [1.165, 1.54) is 30.3 Å². The van der Waals surface area contributed by atoms with Crippen molar-refractivity contribution in [1.82, 2.24) is 0 Å². The molecule has 0 aliphatic carbocycles. The van der Waals surface area contributed by atoms with Crippen LogP contribution in [-0.4, -0.2) is 18.4 Å². The van der Waals surface area contributed by atoms with E-state index in [1.54, 1.807) is 30.3 Å². The van der Waals surface area contributed by atoms with Crippen LogP contribution in [0.25, 0.3) is 6.08 Å². The van der Waals surface area contributed by atoms with Crippen LogP contribution in [0.2, 0.25) is 0 Å². The van der Waals surface area contributed by atoms with Gasteiger partial charge in [-0.05, 0) is 83.0 Å². The molecule has 33 heavy (non-hydrogen) atoms. The molecule has 0 aliphatic heterocycles. The molecule has 0 bridgehead atoms. The van der Waals surface area contributed by atoms with Crippen molar-refractivity contribution >= 4 is 45.2 Å². The minimum atomic E-state index is -0.518. The first-order valence-electron chi connectivity index (χ1n) is 9.81. The second-order valence-corrected chi connectivity index (χ2v) is 7.88. The summed E-state index contributed by atoms with van der Waals surface area (Å²) in [5.41, 5.74) is 2.65. The van der Waals surface area contributed by atoms with Gasteiger partial charge in [0.2, 0.25) is 0 Å². The average molecular weight is 508 g/mol. The fourth-order valence-corrected chi connectivity index (χ4v) is 3.26. The van der Waals surface area contributed by atoms with Crippen LogP contribution in [0.4, 0.5) is 15.8 Å². The number of nitriles is 1. The molecule has 3 rings (SSSR count). The Morgan fingerprint density at radius 1 is 1.03 bits per heavy atom. The number of hydrogen-bond donors (Lipinski definition) is 2. The summed E-state index contributed by atoms with van der Waals surface area (Å²) in [5, 5.41) is 14.7. The van der Waals surface area contributed by atoms with E-state index < -0.39 is 17.6 Å². The van der Waals surface area contributed by atoms with Crippen molar-refractivity contribution in [2.45, 2.75) is 6.92 Å². The SMILES string of the molecule is Cc1ccc(NC(=O)/C(C#N)=C\c2ccc(OCC(=O)Nc3ccc(F)cc3)c(Br)c2)cc1. The molecule has 0 aromatic heterocycles. The molecule has 8 heteroatoms. The number of aryl methyl sites for hydroxylation is 1. The van der Waals surface area contributed by atoms with Gasteiger partial charge in [0.05, 0.1) is 4.47 Å². The van der Waals surface area contributed by atoms with Gasteiger partial charge in [-0.15, -0.1) is 0 Å². The number of rotatable bonds is 7. The maximum atomic E-state index is 12.9. The van der Waals surface area contributed by atoms with Crippen molar-refractivity contribution in [2.24, 2.45) is 0 Å². The zero-order valence-corrected chi connectivity index (χ0v) is 19.1. The van der Waals surface area contributed by atoms with E-state index >= 15 is 0 Å². The van der Waals surface area contributed by atoms with Crippen molar-refractivity contribution in [1.29, 1.82) is 5.26 Å². The van der Waals surface area contributed by atoms with Gasteiger partial charge in [-0.1, -0.05) is 23.8 Å². The lowest BCUT2D eigenvalue weighted by atomic mass is 10.1. The summed E-state index contributed by atoms with van der Waals surface area (Å²) in [6.45, 7) is 1.68. The fraction of sp³-hybridized carbons (Fsp3) is 0.0800. The lowest BCUT2D eigenvalue weighted by Gasteiger charge is -2.10. The minimum Gasteiger partial charge on any atom is -0.483 e. The number of carbonyl (C=O) groups excluding carboxylic acids is 2. The molecular weight excluding hydrogens is 489 g/mol. The highest BCUT2D eigenvalue weighted by molar-refractivity contribution is 9.10. The van der Waals surface area contributed by atoms with Crippen LogP contribution in [0.3, 0.4) is 0 Å². The molecule has 0 aliphatic rings. The van der Waals surface area contributed by atoms with Crippen molar-refractivity contribution in [3.63, 3.8) is 0 Å². The Hall–Kier alpha value is -3.96. The van der Waals surface area contributed by atoms with E-state index in [-0.39, 0.29) is 12.2 Å². The zero-order valence-electron chi connectivity index (χ0n) is 17.6. The van der Waals surface area contributed by atoms with E-state index in [9.17, 15) is 19.2 Å². The maximum absolute atomic E-state index is 12.9. The van der Waals surface area contributed by atoms with Gasteiger partial charge >= 0.3 is 0 Å². The Morgan fingerprint density at radius 3 is 2.30 bits per heavy atom. The summed E-state index contributed by atoms with van der Waals surface area (Å²) in [4.78, 5) is 24.5. The van der Waals surface area contributed by atoms with Crippen molar-refractivity contribution in [3.8, 4) is 11.8 Å². The predicted molar refractivity (Wildman–Crippen MR) is 128 cm³/mol. The van der Waals surface area contributed by atoms with E-state index in [0.29, 0.717) is 27.2 Å². The lowest BCUT2D eigenvalue weighted by Crippen LogP contribution is -2.20. The maximum Gasteiger partial charge on any atom is 0.266 e. The Balaban J connectivity index is 1.62. The van der Waals surface area contributed by atoms with Gasteiger partial charge in [-0.2, -0.15) is 5.26 Å². The van der Waals surface area contributed by atoms with Crippen molar-refractivity contribution in [3.05, 3.63) is 93.7 Å². The number of hydrogen-bond acceptors (Lipinski definition) is 4. The van der Waals surface area contributed by atoms with E-state index in [1.807, 2.05) is 25.1 Å². The Kier molecular flexibility index (Phi) is 7.95. The molecule has 0 heterocycles. The molecule has 0 spiro atoms. The smallest absolute Gasteiger partial charge is 0.266 e. The van der Waals surface area contributed by atoms with Gasteiger partial charge in [-0.3, -0.25) is 9.59 Å². The molecule has 6 nitrogen and oxygen atoms in total. The molecule has 3 aromatic rings. The molecule has 0 fully saturated rings. The number of ether oxygens (including phenoxy) is 1. The van der Waals surface area contributed by atoms with Crippen LogP contribution in [0.15, 0.2) is 76.8 Å². The first-order chi connectivity index (χ1) is 15.8. The summed E-state index contributed by atoms with van der Waals surface area (Å²) >= 11 is 3.37. The molecule has 0 saturated carbocycles. The Morgan fingerprint density at radius 2 is 1.67 bits per heavy atom. The third kappa shape index (κ3) is 7.02. The second kappa shape index (κ2) is 11.1. The summed E-state index contributed by atoms with van der Waals surface area (Å²) in [7, 11) is 0. The van der Waals surface area contributed by atoms with Crippen LogP contribution in [0, 0.1) is 24.1 Å². The summed E-state index contributed by atoms with van der Waals surface area (Å²) in [5.74, 6) is -0.911. The third-order valence-corrected chi connectivity index (χ3v) is 5.05. The van der Waals surface area contributed by atoms with Crippen LogP contribution < -0.4 is 15.4 Å². The molecule has 0 atom stereocenters. The summed E-state index contributed by atoms with van der Waals surface area (Å²) in [6.07, 6.45) is 1.46. The Bertz CT molecular complexity index is 1230. The zero-order chi connectivity index (χ0) is 23.8. The number of nitrogens with one attached hydrogen (secondary N) is 2. The normalized spacial score (nSPS) is 10.8. The first-order valence-corrected chi connectivity index (χ1v) is 10.6. The number of benzene rings is 3. The highest BCUT2D eigenvalue weighted by Gasteiger charge is 2.11. The molecule has 3 aromatic carbocycles. The fourth-order valence-electron chi connectivity index (χ4n) is 2.75. The van der Waals surface area contributed by atoms with Crippen LogP contribution in [0.5, 0.6) is 5.75 Å². The highest BCUT2D eigenvalue weighted by Crippen LogP contribution is 2.27. The van der Waals surface area contributed by atoms with Gasteiger partial charge in [-0.25, -0.2) is 4.39 Å². The number of carbonyl (C=O) groups is 2. The lowest BCUT2D eigenvalue weighted by molar-refractivity contribution is -0.118. The monoisotopic (exact) mass is 507 g/mol. The third-order valence-electron chi connectivity index (χ3n) is 4.43. The Labute approximate surface area is 198 Å². The standard InChI is InChI=1S/C25H19BrFN3O3/c1-16-2-7-21(8-3-16)30-25(32)18(14-28)12-17-4-11-23(22(26)13-17)33-15-24(31)29-20-9-5-19(27)6-10-20/h2-13H,15H2,1H3,(H,29,31)(H,30,32)/b18-12-. The number of halogens is 2. The van der Waals surface area contributed by atoms with Crippen molar-refractivity contribution in [2.75, 3.05) is 17.2 Å². The highest BCUT2D eigenvalue weighted by atomic mass is 79.9. The van der Waals surface area contributed by atoms with Crippen LogP contribution in [-0.2, 0) is 9.59 Å². The number of anilines is 2. The summed E-state index contributed by atoms with van der Waals surface area (Å²) < 4.78 is 19.0. The topological polar surface area (TPSA) is 91.2 Å². The predicted octanol–water partition coefficient (Wildman–Crippen LogP) is 5.46. The molecule has 0 saturated heterocycles. The molecule has 2 N–H and O–H groups in total. The van der Waals surface area contributed by atoms with Gasteiger partial charge in [0.15, 0.2) is 6.61 Å². The largest absolute Gasteiger partial charge is 0.483 e. The summed E-state index contributed by atoms with van der Waals surface area (Å²) in [6, 6.07) is 19.5. The van der Waals surface area contributed by atoms with E-state index in [4.69, 9.17) is 4.74 Å². The first kappa shape index (κ1) is 23.7. The van der Waals surface area contributed by atoms with Crippen molar-refractivity contribution < 1.29 is 18.7 Å². The van der Waals surface area contributed by atoms with Gasteiger partial charge in [0.25, 0.3) is 11.8 Å². The second-order valence-electron chi connectivity index (χ2n) is 7.02. The van der Waals surface area contributed by atoms with Crippen LogP contribution >= 0.6 is 15.9 Å². The van der Waals surface area contributed by atoms with E-state index in [0.717, 1.165) is 5.56 Å². The van der Waals surface area contributed by atoms with Gasteiger partial charge < -0.3 is 15.4 Å². The number of nitrogens with zero attached hydrogens (tertiary/aromatic N) is 1. The average Bonchev–Trinajstić information content (AvgIpc) is 2.80. The quantitative estimate of drug-likeness (QED) is 0.328. The minimum absolute atomic E-state index is 0.0604. The van der Waals surface area contributed by atoms with Gasteiger partial charge in [0.1, 0.15) is 23.2 Å². The number of amides is 2. The molecule has 166 valence electrons. The molecule has 0 unspecified atom stereocenters. The molecule has 2 amide bonds. The van der Waals surface area contributed by atoms with Gasteiger partial charge in [0, 0.05) is 11.4 Å². The molecule has 0 radical (unpaired) electrons.